The Bertz CT molecular complexity index is 671. The minimum Gasteiger partial charge on any atom is -0.489 e. The standard InChI is InChI=1S/C19H21FN2O2.ClH/c20-16-7-3-15(4-8-16)13-24-17-9-5-14(6-10-17)12-22-19(23)18-2-1-11-21-18;/h3-10,18,21H,1-2,11-13H2,(H,22,23);1H/t18-;/m0./s1. The van der Waals surface area contributed by atoms with Gasteiger partial charge in [-0.15, -0.1) is 12.4 Å². The summed E-state index contributed by atoms with van der Waals surface area (Å²) in [6.07, 6.45) is 1.96. The second-order valence-electron chi connectivity index (χ2n) is 5.93. The third-order valence-electron chi connectivity index (χ3n) is 4.09. The van der Waals surface area contributed by atoms with Gasteiger partial charge in [0.2, 0.25) is 5.91 Å². The molecule has 0 unspecified atom stereocenters. The van der Waals surface area contributed by atoms with Crippen molar-refractivity contribution in [3.63, 3.8) is 0 Å². The molecule has 2 aromatic rings. The number of hydrogen-bond acceptors (Lipinski definition) is 3. The Morgan fingerprint density at radius 3 is 2.44 bits per heavy atom. The first-order valence-electron chi connectivity index (χ1n) is 8.18. The van der Waals surface area contributed by atoms with E-state index in [2.05, 4.69) is 10.6 Å². The Morgan fingerprint density at radius 2 is 1.80 bits per heavy atom. The van der Waals surface area contributed by atoms with E-state index in [1.165, 1.54) is 12.1 Å². The number of amides is 1. The Hall–Kier alpha value is -2.11. The van der Waals surface area contributed by atoms with E-state index in [-0.39, 0.29) is 30.2 Å². The van der Waals surface area contributed by atoms with Crippen molar-refractivity contribution >= 4 is 18.3 Å². The van der Waals surface area contributed by atoms with E-state index in [1.54, 1.807) is 12.1 Å². The number of carbonyl (C=O) groups is 1. The van der Waals surface area contributed by atoms with Crippen molar-refractivity contribution in [2.45, 2.75) is 32.0 Å². The van der Waals surface area contributed by atoms with Gasteiger partial charge in [0, 0.05) is 6.54 Å². The van der Waals surface area contributed by atoms with Crippen LogP contribution in [0, 0.1) is 5.82 Å². The van der Waals surface area contributed by atoms with Crippen molar-refractivity contribution in [2.24, 2.45) is 0 Å². The van der Waals surface area contributed by atoms with Crippen molar-refractivity contribution in [1.29, 1.82) is 0 Å². The van der Waals surface area contributed by atoms with Crippen molar-refractivity contribution in [3.05, 3.63) is 65.5 Å². The summed E-state index contributed by atoms with van der Waals surface area (Å²) in [5, 5.41) is 6.13. The van der Waals surface area contributed by atoms with Crippen LogP contribution in [0.25, 0.3) is 0 Å². The predicted molar refractivity (Wildman–Crippen MR) is 97.3 cm³/mol. The zero-order valence-electron chi connectivity index (χ0n) is 13.8. The number of ether oxygens (including phenoxy) is 1. The molecule has 134 valence electrons. The summed E-state index contributed by atoms with van der Waals surface area (Å²) in [4.78, 5) is 11.9. The smallest absolute Gasteiger partial charge is 0.237 e. The maximum atomic E-state index is 12.8. The normalized spacial score (nSPS) is 16.1. The number of benzene rings is 2. The van der Waals surface area contributed by atoms with Crippen LogP contribution in [-0.4, -0.2) is 18.5 Å². The summed E-state index contributed by atoms with van der Waals surface area (Å²) in [7, 11) is 0. The minimum absolute atomic E-state index is 0. The quantitative estimate of drug-likeness (QED) is 0.827. The summed E-state index contributed by atoms with van der Waals surface area (Å²) in [5.74, 6) is 0.550. The highest BCUT2D eigenvalue weighted by Gasteiger charge is 2.21. The van der Waals surface area contributed by atoms with Crippen LogP contribution in [0.4, 0.5) is 4.39 Å². The molecule has 0 bridgehead atoms. The summed E-state index contributed by atoms with van der Waals surface area (Å²) < 4.78 is 18.5. The molecule has 0 aliphatic carbocycles. The lowest BCUT2D eigenvalue weighted by atomic mass is 10.2. The van der Waals surface area contributed by atoms with Crippen LogP contribution in [0.5, 0.6) is 5.75 Å². The number of nitrogens with one attached hydrogen (secondary N) is 2. The first kappa shape index (κ1) is 19.2. The lowest BCUT2D eigenvalue weighted by molar-refractivity contribution is -0.122. The minimum atomic E-state index is -0.252. The Balaban J connectivity index is 0.00000225. The Morgan fingerprint density at radius 1 is 1.12 bits per heavy atom. The highest BCUT2D eigenvalue weighted by atomic mass is 35.5. The maximum absolute atomic E-state index is 12.8. The average molecular weight is 365 g/mol. The molecular weight excluding hydrogens is 343 g/mol. The molecule has 1 amide bonds. The molecule has 1 aliphatic rings. The van der Waals surface area contributed by atoms with Crippen LogP contribution in [0.3, 0.4) is 0 Å². The Kier molecular flexibility index (Phi) is 7.22. The zero-order chi connectivity index (χ0) is 16.8. The average Bonchev–Trinajstić information content (AvgIpc) is 3.15. The first-order valence-corrected chi connectivity index (χ1v) is 8.18. The predicted octanol–water partition coefficient (Wildman–Crippen LogP) is 3.19. The lowest BCUT2D eigenvalue weighted by Gasteiger charge is -2.11. The van der Waals surface area contributed by atoms with E-state index >= 15 is 0 Å². The summed E-state index contributed by atoms with van der Waals surface area (Å²) in [6.45, 7) is 1.82. The van der Waals surface area contributed by atoms with Gasteiger partial charge in [-0.1, -0.05) is 24.3 Å². The van der Waals surface area contributed by atoms with Crippen LogP contribution in [0.2, 0.25) is 0 Å². The molecule has 1 fully saturated rings. The fourth-order valence-corrected chi connectivity index (χ4v) is 2.67. The lowest BCUT2D eigenvalue weighted by Crippen LogP contribution is -2.39. The SMILES string of the molecule is Cl.O=C(NCc1ccc(OCc2ccc(F)cc2)cc1)[C@@H]1CCCN1. The van der Waals surface area contributed by atoms with Gasteiger partial charge in [-0.25, -0.2) is 4.39 Å². The van der Waals surface area contributed by atoms with Gasteiger partial charge in [0.1, 0.15) is 18.2 Å². The van der Waals surface area contributed by atoms with Gasteiger partial charge in [-0.3, -0.25) is 4.79 Å². The third kappa shape index (κ3) is 5.73. The van der Waals surface area contributed by atoms with Crippen LogP contribution in [0.1, 0.15) is 24.0 Å². The van der Waals surface area contributed by atoms with Crippen LogP contribution >= 0.6 is 12.4 Å². The van der Waals surface area contributed by atoms with Gasteiger partial charge in [0.25, 0.3) is 0 Å². The van der Waals surface area contributed by atoms with E-state index in [9.17, 15) is 9.18 Å². The second-order valence-corrected chi connectivity index (χ2v) is 5.93. The topological polar surface area (TPSA) is 50.4 Å². The van der Waals surface area contributed by atoms with Gasteiger partial charge in [0.15, 0.2) is 0 Å². The Labute approximate surface area is 153 Å². The molecule has 2 aromatic carbocycles. The second kappa shape index (κ2) is 9.39. The molecule has 6 heteroatoms. The number of hydrogen-bond donors (Lipinski definition) is 2. The van der Waals surface area contributed by atoms with Gasteiger partial charge in [-0.2, -0.15) is 0 Å². The molecule has 0 saturated carbocycles. The fraction of sp³-hybridized carbons (Fsp3) is 0.316. The molecule has 2 N–H and O–H groups in total. The molecule has 3 rings (SSSR count). The van der Waals surface area contributed by atoms with E-state index < -0.39 is 0 Å². The van der Waals surface area contributed by atoms with Crippen molar-refractivity contribution < 1.29 is 13.9 Å². The molecule has 0 spiro atoms. The monoisotopic (exact) mass is 364 g/mol. The van der Waals surface area contributed by atoms with Crippen molar-refractivity contribution in [1.82, 2.24) is 10.6 Å². The van der Waals surface area contributed by atoms with Crippen LogP contribution in [-0.2, 0) is 17.9 Å². The fourth-order valence-electron chi connectivity index (χ4n) is 2.67. The molecule has 1 aliphatic heterocycles. The zero-order valence-corrected chi connectivity index (χ0v) is 14.7. The number of halogens is 2. The van der Waals surface area contributed by atoms with Gasteiger partial charge in [0.05, 0.1) is 6.04 Å². The highest BCUT2D eigenvalue weighted by molar-refractivity contribution is 5.85. The number of rotatable bonds is 6. The molecule has 1 heterocycles. The van der Waals surface area contributed by atoms with Gasteiger partial charge in [-0.05, 0) is 54.8 Å². The van der Waals surface area contributed by atoms with E-state index in [4.69, 9.17) is 4.74 Å². The molecule has 25 heavy (non-hydrogen) atoms. The molecule has 0 aromatic heterocycles. The van der Waals surface area contributed by atoms with Gasteiger partial charge < -0.3 is 15.4 Å². The summed E-state index contributed by atoms with van der Waals surface area (Å²) >= 11 is 0. The molecule has 4 nitrogen and oxygen atoms in total. The molecule has 1 saturated heterocycles. The van der Waals surface area contributed by atoms with E-state index in [1.807, 2.05) is 24.3 Å². The van der Waals surface area contributed by atoms with E-state index in [0.717, 1.165) is 36.3 Å². The number of carbonyl (C=O) groups excluding carboxylic acids is 1. The van der Waals surface area contributed by atoms with Crippen LogP contribution < -0.4 is 15.4 Å². The summed E-state index contributed by atoms with van der Waals surface area (Å²) in [5.41, 5.74) is 1.94. The van der Waals surface area contributed by atoms with E-state index in [0.29, 0.717) is 13.2 Å². The maximum Gasteiger partial charge on any atom is 0.237 e. The summed E-state index contributed by atoms with van der Waals surface area (Å²) in [6, 6.07) is 13.8. The largest absolute Gasteiger partial charge is 0.489 e. The van der Waals surface area contributed by atoms with Crippen molar-refractivity contribution in [2.75, 3.05) is 6.54 Å². The van der Waals surface area contributed by atoms with Crippen molar-refractivity contribution in [3.8, 4) is 5.75 Å². The third-order valence-corrected chi connectivity index (χ3v) is 4.09. The highest BCUT2D eigenvalue weighted by Crippen LogP contribution is 2.15. The first-order chi connectivity index (χ1) is 11.7. The molecular formula is C19H22ClFN2O2. The van der Waals surface area contributed by atoms with Crippen LogP contribution in [0.15, 0.2) is 48.5 Å². The van der Waals surface area contributed by atoms with Gasteiger partial charge >= 0.3 is 0 Å². The molecule has 1 atom stereocenters. The molecule has 0 radical (unpaired) electrons.